The molecule has 2 aromatic rings. The number of nitrogens with zero attached hydrogens (tertiary/aromatic N) is 2. The molecule has 0 radical (unpaired) electrons. The van der Waals surface area contributed by atoms with Gasteiger partial charge in [0.2, 0.25) is 10.0 Å². The second-order valence-corrected chi connectivity index (χ2v) is 7.97. The van der Waals surface area contributed by atoms with Gasteiger partial charge < -0.3 is 4.74 Å². The number of hydrogen-bond donors (Lipinski definition) is 1. The van der Waals surface area contributed by atoms with E-state index in [1.807, 2.05) is 19.1 Å². The fraction of sp³-hybridized carbons (Fsp3) is 0.263. The first-order valence-electron chi connectivity index (χ1n) is 8.22. The first kappa shape index (κ1) is 20.4. The molecule has 0 fully saturated rings. The zero-order valence-corrected chi connectivity index (χ0v) is 16.6. The molecule has 7 nitrogen and oxygen atoms in total. The van der Waals surface area contributed by atoms with Crippen molar-refractivity contribution in [2.45, 2.75) is 13.8 Å². The van der Waals surface area contributed by atoms with Crippen LogP contribution in [0.1, 0.15) is 18.1 Å². The molecule has 1 amide bonds. The first-order chi connectivity index (χ1) is 12.7. The van der Waals surface area contributed by atoms with E-state index in [4.69, 9.17) is 4.74 Å². The number of hydrazone groups is 1. The summed E-state index contributed by atoms with van der Waals surface area (Å²) >= 11 is 0. The summed E-state index contributed by atoms with van der Waals surface area (Å²) in [6.45, 7) is 3.29. The van der Waals surface area contributed by atoms with Crippen LogP contribution in [0.25, 0.3) is 0 Å². The van der Waals surface area contributed by atoms with Crippen molar-refractivity contribution in [1.29, 1.82) is 0 Å². The summed E-state index contributed by atoms with van der Waals surface area (Å²) in [4.78, 5) is 12.2. The Morgan fingerprint density at radius 1 is 1.11 bits per heavy atom. The molecule has 1 N–H and O–H groups in total. The average molecular weight is 389 g/mol. The number of amides is 1. The first-order valence-corrected chi connectivity index (χ1v) is 10.1. The van der Waals surface area contributed by atoms with Gasteiger partial charge in [-0.2, -0.15) is 5.10 Å². The molecule has 0 heterocycles. The molecule has 0 aromatic heterocycles. The van der Waals surface area contributed by atoms with Crippen LogP contribution < -0.4 is 14.5 Å². The van der Waals surface area contributed by atoms with Crippen LogP contribution in [0.3, 0.4) is 0 Å². The van der Waals surface area contributed by atoms with Gasteiger partial charge in [0.05, 0.1) is 24.8 Å². The number of rotatable bonds is 7. The highest BCUT2D eigenvalue weighted by Gasteiger charge is 2.20. The van der Waals surface area contributed by atoms with Crippen molar-refractivity contribution in [1.82, 2.24) is 5.43 Å². The van der Waals surface area contributed by atoms with E-state index in [0.29, 0.717) is 11.4 Å². The molecule has 0 aliphatic heterocycles. The Labute approximate surface area is 159 Å². The molecule has 144 valence electrons. The third kappa shape index (κ3) is 5.82. The van der Waals surface area contributed by atoms with Crippen molar-refractivity contribution >= 4 is 27.3 Å². The van der Waals surface area contributed by atoms with Gasteiger partial charge in [0.1, 0.15) is 12.3 Å². The quantitative estimate of drug-likeness (QED) is 0.581. The lowest BCUT2D eigenvalue weighted by molar-refractivity contribution is -0.119. The Hall–Kier alpha value is -2.87. The van der Waals surface area contributed by atoms with Crippen LogP contribution in [0.2, 0.25) is 0 Å². The molecule has 8 heteroatoms. The van der Waals surface area contributed by atoms with Gasteiger partial charge in [0, 0.05) is 0 Å². The number of nitrogens with one attached hydrogen (secondary N) is 1. The maximum atomic E-state index is 12.2. The van der Waals surface area contributed by atoms with Crippen LogP contribution >= 0.6 is 0 Å². The summed E-state index contributed by atoms with van der Waals surface area (Å²) in [5, 5.41) is 4.05. The molecule has 0 unspecified atom stereocenters. The predicted molar refractivity (Wildman–Crippen MR) is 107 cm³/mol. The number of hydrogen-bond acceptors (Lipinski definition) is 5. The molecular weight excluding hydrogens is 366 g/mol. The highest BCUT2D eigenvalue weighted by atomic mass is 32.2. The van der Waals surface area contributed by atoms with Crippen molar-refractivity contribution in [2.75, 3.05) is 24.2 Å². The Morgan fingerprint density at radius 2 is 1.70 bits per heavy atom. The number of benzene rings is 2. The summed E-state index contributed by atoms with van der Waals surface area (Å²) in [5.74, 6) is 0.186. The van der Waals surface area contributed by atoms with Gasteiger partial charge in [-0.05, 0) is 55.8 Å². The predicted octanol–water partition coefficient (Wildman–Crippen LogP) is 2.31. The fourth-order valence-corrected chi connectivity index (χ4v) is 3.18. The third-order valence-electron chi connectivity index (χ3n) is 3.87. The standard InChI is InChI=1S/C19H23N3O4S/c1-14-5-9-17(10-6-14)22(27(4,24)25)13-19(23)21-20-15(2)16-7-11-18(26-3)12-8-16/h5-12H,13H2,1-4H3,(H,21,23)/b20-15-. The van der Waals surface area contributed by atoms with Crippen molar-refractivity contribution in [2.24, 2.45) is 5.10 Å². The minimum absolute atomic E-state index is 0.360. The van der Waals surface area contributed by atoms with Gasteiger partial charge in [-0.1, -0.05) is 17.7 Å². The van der Waals surface area contributed by atoms with Crippen LogP contribution in [-0.2, 0) is 14.8 Å². The highest BCUT2D eigenvalue weighted by Crippen LogP contribution is 2.18. The molecule has 0 saturated carbocycles. The molecule has 2 rings (SSSR count). The van der Waals surface area contributed by atoms with Crippen LogP contribution in [0.15, 0.2) is 53.6 Å². The summed E-state index contributed by atoms with van der Waals surface area (Å²) in [5.41, 5.74) is 5.23. The van der Waals surface area contributed by atoms with Gasteiger partial charge in [-0.25, -0.2) is 13.8 Å². The van der Waals surface area contributed by atoms with Gasteiger partial charge in [-0.15, -0.1) is 0 Å². The van der Waals surface area contributed by atoms with Crippen molar-refractivity contribution in [3.8, 4) is 5.75 Å². The summed E-state index contributed by atoms with van der Waals surface area (Å²) < 4.78 is 30.3. The number of carbonyl (C=O) groups is 1. The molecule has 0 spiro atoms. The third-order valence-corrected chi connectivity index (χ3v) is 5.01. The monoisotopic (exact) mass is 389 g/mol. The second kappa shape index (κ2) is 8.68. The molecule has 2 aromatic carbocycles. The number of anilines is 1. The summed E-state index contributed by atoms with van der Waals surface area (Å²) in [6.07, 6.45) is 1.06. The maximum Gasteiger partial charge on any atom is 0.260 e. The minimum atomic E-state index is -3.61. The minimum Gasteiger partial charge on any atom is -0.497 e. The molecule has 0 bridgehead atoms. The van der Waals surface area contributed by atoms with Crippen LogP contribution in [0.5, 0.6) is 5.75 Å². The van der Waals surface area contributed by atoms with Crippen molar-refractivity contribution < 1.29 is 17.9 Å². The molecule has 0 aliphatic rings. The van der Waals surface area contributed by atoms with Crippen molar-refractivity contribution in [3.05, 3.63) is 59.7 Å². The summed E-state index contributed by atoms with van der Waals surface area (Å²) in [7, 11) is -2.03. The van der Waals surface area contributed by atoms with Crippen molar-refractivity contribution in [3.63, 3.8) is 0 Å². The van der Waals surface area contributed by atoms with E-state index >= 15 is 0 Å². The number of aryl methyl sites for hydroxylation is 1. The van der Waals surface area contributed by atoms with Crippen LogP contribution in [-0.4, -0.2) is 39.9 Å². The average Bonchev–Trinajstić information content (AvgIpc) is 2.64. The van der Waals surface area contributed by atoms with E-state index < -0.39 is 15.9 Å². The van der Waals surface area contributed by atoms with E-state index in [1.165, 1.54) is 0 Å². The molecule has 27 heavy (non-hydrogen) atoms. The van der Waals surface area contributed by atoms with E-state index in [-0.39, 0.29) is 6.54 Å². The lowest BCUT2D eigenvalue weighted by atomic mass is 10.1. The fourth-order valence-electron chi connectivity index (χ4n) is 2.32. The Morgan fingerprint density at radius 3 is 2.22 bits per heavy atom. The zero-order chi connectivity index (χ0) is 20.0. The van der Waals surface area contributed by atoms with E-state index in [2.05, 4.69) is 10.5 Å². The lowest BCUT2D eigenvalue weighted by Gasteiger charge is -2.21. The largest absolute Gasteiger partial charge is 0.497 e. The molecule has 0 atom stereocenters. The van der Waals surface area contributed by atoms with Gasteiger partial charge in [-0.3, -0.25) is 9.10 Å². The van der Waals surface area contributed by atoms with E-state index in [1.54, 1.807) is 50.4 Å². The number of carbonyl (C=O) groups excluding carboxylic acids is 1. The van der Waals surface area contributed by atoms with Gasteiger partial charge >= 0.3 is 0 Å². The Bertz CT molecular complexity index is 920. The second-order valence-electron chi connectivity index (χ2n) is 6.07. The number of ether oxygens (including phenoxy) is 1. The molecule has 0 saturated heterocycles. The van der Waals surface area contributed by atoms with Crippen LogP contribution in [0, 0.1) is 6.92 Å². The number of sulfonamides is 1. The Kier molecular flexibility index (Phi) is 6.57. The lowest BCUT2D eigenvalue weighted by Crippen LogP contribution is -2.39. The maximum absolute atomic E-state index is 12.2. The molecular formula is C19H23N3O4S. The number of methoxy groups -OCH3 is 1. The van der Waals surface area contributed by atoms with Gasteiger partial charge in [0.25, 0.3) is 5.91 Å². The van der Waals surface area contributed by atoms with E-state index in [0.717, 1.165) is 27.4 Å². The molecule has 0 aliphatic carbocycles. The van der Waals surface area contributed by atoms with Crippen LogP contribution in [0.4, 0.5) is 5.69 Å². The summed E-state index contributed by atoms with van der Waals surface area (Å²) in [6, 6.07) is 14.1. The Balaban J connectivity index is 2.09. The normalized spacial score (nSPS) is 11.8. The zero-order valence-electron chi connectivity index (χ0n) is 15.8. The smallest absolute Gasteiger partial charge is 0.260 e. The topological polar surface area (TPSA) is 88.1 Å². The van der Waals surface area contributed by atoms with E-state index in [9.17, 15) is 13.2 Å². The highest BCUT2D eigenvalue weighted by molar-refractivity contribution is 7.92. The SMILES string of the molecule is COc1ccc(/C(C)=N\NC(=O)CN(c2ccc(C)cc2)S(C)(=O)=O)cc1. The van der Waals surface area contributed by atoms with Gasteiger partial charge in [0.15, 0.2) is 0 Å².